The molecule has 16 heavy (non-hydrogen) atoms. The molecule has 0 heterocycles. The summed E-state index contributed by atoms with van der Waals surface area (Å²) >= 11 is 0. The summed E-state index contributed by atoms with van der Waals surface area (Å²) in [4.78, 5) is 11.6. The lowest BCUT2D eigenvalue weighted by Crippen LogP contribution is -2.39. The first kappa shape index (κ1) is 12.8. The van der Waals surface area contributed by atoms with Gasteiger partial charge in [0.1, 0.15) is 5.82 Å². The third kappa shape index (κ3) is 5.03. The number of benzene rings is 1. The molecule has 0 bridgehead atoms. The van der Waals surface area contributed by atoms with E-state index in [4.69, 9.17) is 0 Å². The van der Waals surface area contributed by atoms with Crippen molar-refractivity contribution in [3.05, 3.63) is 35.6 Å². The molecule has 0 aliphatic heterocycles. The quantitative estimate of drug-likeness (QED) is 0.848. The smallest absolute Gasteiger partial charge is 0.150 e. The van der Waals surface area contributed by atoms with Crippen molar-refractivity contribution in [2.24, 2.45) is 0 Å². The standard InChI is InChI=1S/C13H18FNO/c1-13(2,3)15-9-12(16)8-10-5-4-6-11(14)7-10/h4-7,15H,8-9H2,1-3H3. The lowest BCUT2D eigenvalue weighted by atomic mass is 10.1. The van der Waals surface area contributed by atoms with E-state index >= 15 is 0 Å². The van der Waals surface area contributed by atoms with Crippen LogP contribution in [0.1, 0.15) is 26.3 Å². The minimum absolute atomic E-state index is 0.0699. The van der Waals surface area contributed by atoms with Crippen LogP contribution in [0.25, 0.3) is 0 Å². The summed E-state index contributed by atoms with van der Waals surface area (Å²) in [6, 6.07) is 6.16. The van der Waals surface area contributed by atoms with Crippen LogP contribution in [-0.4, -0.2) is 17.9 Å². The van der Waals surface area contributed by atoms with Gasteiger partial charge in [-0.1, -0.05) is 12.1 Å². The van der Waals surface area contributed by atoms with Gasteiger partial charge in [0.15, 0.2) is 5.78 Å². The van der Waals surface area contributed by atoms with Crippen LogP contribution in [0.3, 0.4) is 0 Å². The normalized spacial score (nSPS) is 11.5. The fraction of sp³-hybridized carbons (Fsp3) is 0.462. The molecule has 0 fully saturated rings. The first-order chi connectivity index (χ1) is 7.37. The molecule has 0 unspecified atom stereocenters. The maximum absolute atomic E-state index is 12.9. The Morgan fingerprint density at radius 1 is 1.38 bits per heavy atom. The topological polar surface area (TPSA) is 29.1 Å². The molecule has 0 aromatic heterocycles. The summed E-state index contributed by atoms with van der Waals surface area (Å²) in [5, 5.41) is 3.11. The zero-order valence-corrected chi connectivity index (χ0v) is 10.0. The number of ketones is 1. The highest BCUT2D eigenvalue weighted by Gasteiger charge is 2.11. The van der Waals surface area contributed by atoms with E-state index in [2.05, 4.69) is 5.32 Å². The Labute approximate surface area is 95.9 Å². The van der Waals surface area contributed by atoms with Crippen molar-refractivity contribution in [3.63, 3.8) is 0 Å². The van der Waals surface area contributed by atoms with Crippen LogP contribution >= 0.6 is 0 Å². The lowest BCUT2D eigenvalue weighted by Gasteiger charge is -2.19. The highest BCUT2D eigenvalue weighted by atomic mass is 19.1. The molecule has 0 saturated heterocycles. The average Bonchev–Trinajstić information content (AvgIpc) is 2.14. The number of Topliss-reactive ketones (excluding diaryl/α,β-unsaturated/α-hetero) is 1. The van der Waals surface area contributed by atoms with Crippen molar-refractivity contribution in [3.8, 4) is 0 Å². The van der Waals surface area contributed by atoms with Crippen molar-refractivity contribution in [1.82, 2.24) is 5.32 Å². The monoisotopic (exact) mass is 223 g/mol. The highest BCUT2D eigenvalue weighted by Crippen LogP contribution is 2.05. The van der Waals surface area contributed by atoms with Gasteiger partial charge in [0, 0.05) is 12.0 Å². The lowest BCUT2D eigenvalue weighted by molar-refractivity contribution is -0.117. The van der Waals surface area contributed by atoms with E-state index in [1.807, 2.05) is 20.8 Å². The highest BCUT2D eigenvalue weighted by molar-refractivity contribution is 5.82. The van der Waals surface area contributed by atoms with Crippen LogP contribution in [-0.2, 0) is 11.2 Å². The van der Waals surface area contributed by atoms with Gasteiger partial charge in [-0.3, -0.25) is 4.79 Å². The molecule has 1 aromatic rings. The molecule has 0 atom stereocenters. The van der Waals surface area contributed by atoms with E-state index in [0.717, 1.165) is 5.56 Å². The first-order valence-electron chi connectivity index (χ1n) is 5.38. The van der Waals surface area contributed by atoms with E-state index in [9.17, 15) is 9.18 Å². The molecule has 0 amide bonds. The van der Waals surface area contributed by atoms with Gasteiger partial charge in [-0.15, -0.1) is 0 Å². The third-order valence-electron chi connectivity index (χ3n) is 2.11. The Morgan fingerprint density at radius 3 is 2.62 bits per heavy atom. The number of carbonyl (C=O) groups excluding carboxylic acids is 1. The van der Waals surface area contributed by atoms with Gasteiger partial charge in [0.2, 0.25) is 0 Å². The maximum atomic E-state index is 12.9. The Hall–Kier alpha value is -1.22. The van der Waals surface area contributed by atoms with Crippen LogP contribution in [0.5, 0.6) is 0 Å². The van der Waals surface area contributed by atoms with Crippen molar-refractivity contribution in [2.75, 3.05) is 6.54 Å². The number of halogens is 1. The fourth-order valence-corrected chi connectivity index (χ4v) is 1.30. The van der Waals surface area contributed by atoms with Gasteiger partial charge in [-0.2, -0.15) is 0 Å². The predicted molar refractivity (Wildman–Crippen MR) is 62.9 cm³/mol. The van der Waals surface area contributed by atoms with Crippen molar-refractivity contribution in [1.29, 1.82) is 0 Å². The Kier molecular flexibility index (Phi) is 4.19. The molecule has 0 aliphatic rings. The number of carbonyl (C=O) groups is 1. The van der Waals surface area contributed by atoms with Gasteiger partial charge >= 0.3 is 0 Å². The number of hydrogen-bond acceptors (Lipinski definition) is 2. The molecule has 1 rings (SSSR count). The van der Waals surface area contributed by atoms with E-state index < -0.39 is 0 Å². The van der Waals surface area contributed by atoms with Gasteiger partial charge in [-0.05, 0) is 38.5 Å². The Morgan fingerprint density at radius 2 is 2.06 bits per heavy atom. The molecule has 0 saturated carbocycles. The van der Waals surface area contributed by atoms with Crippen LogP contribution in [0.4, 0.5) is 4.39 Å². The molecule has 3 heteroatoms. The fourth-order valence-electron chi connectivity index (χ4n) is 1.30. The summed E-state index contributed by atoms with van der Waals surface area (Å²) in [5.41, 5.74) is 0.651. The summed E-state index contributed by atoms with van der Waals surface area (Å²) in [7, 11) is 0. The number of hydrogen-bond donors (Lipinski definition) is 1. The summed E-state index contributed by atoms with van der Waals surface area (Å²) in [6.07, 6.45) is 0.279. The Bertz CT molecular complexity index is 368. The third-order valence-corrected chi connectivity index (χ3v) is 2.11. The summed E-state index contributed by atoms with van der Waals surface area (Å²) in [6.45, 7) is 6.33. The number of nitrogens with one attached hydrogen (secondary N) is 1. The van der Waals surface area contributed by atoms with Gasteiger partial charge < -0.3 is 5.32 Å². The van der Waals surface area contributed by atoms with E-state index in [-0.39, 0.29) is 23.6 Å². The minimum atomic E-state index is -0.297. The first-order valence-corrected chi connectivity index (χ1v) is 5.38. The second-order valence-electron chi connectivity index (χ2n) is 4.95. The molecule has 0 radical (unpaired) electrons. The molecule has 0 aliphatic carbocycles. The SMILES string of the molecule is CC(C)(C)NCC(=O)Cc1cccc(F)c1. The van der Waals surface area contributed by atoms with Crippen molar-refractivity contribution in [2.45, 2.75) is 32.7 Å². The van der Waals surface area contributed by atoms with E-state index in [1.165, 1.54) is 12.1 Å². The molecular formula is C13H18FNO. The number of rotatable bonds is 4. The Balaban J connectivity index is 2.46. The van der Waals surface area contributed by atoms with Crippen LogP contribution in [0.2, 0.25) is 0 Å². The predicted octanol–water partition coefficient (Wildman–Crippen LogP) is 2.33. The minimum Gasteiger partial charge on any atom is -0.305 e. The molecule has 1 aromatic carbocycles. The second kappa shape index (κ2) is 5.21. The molecule has 88 valence electrons. The van der Waals surface area contributed by atoms with Crippen LogP contribution in [0, 0.1) is 5.82 Å². The maximum Gasteiger partial charge on any atom is 0.150 e. The second-order valence-corrected chi connectivity index (χ2v) is 4.95. The molecule has 2 nitrogen and oxygen atoms in total. The van der Waals surface area contributed by atoms with Gasteiger partial charge in [-0.25, -0.2) is 4.39 Å². The summed E-state index contributed by atoms with van der Waals surface area (Å²) < 4.78 is 12.9. The van der Waals surface area contributed by atoms with Crippen molar-refractivity contribution >= 4 is 5.78 Å². The van der Waals surface area contributed by atoms with Crippen LogP contribution in [0.15, 0.2) is 24.3 Å². The van der Waals surface area contributed by atoms with E-state index in [0.29, 0.717) is 6.54 Å². The molecule has 1 N–H and O–H groups in total. The largest absolute Gasteiger partial charge is 0.305 e. The van der Waals surface area contributed by atoms with Crippen LogP contribution < -0.4 is 5.32 Å². The molecular weight excluding hydrogens is 205 g/mol. The molecule has 0 spiro atoms. The summed E-state index contributed by atoms with van der Waals surface area (Å²) in [5.74, 6) is -0.227. The van der Waals surface area contributed by atoms with Crippen molar-refractivity contribution < 1.29 is 9.18 Å². The van der Waals surface area contributed by atoms with Gasteiger partial charge in [0.25, 0.3) is 0 Å². The van der Waals surface area contributed by atoms with Gasteiger partial charge in [0.05, 0.1) is 6.54 Å². The van der Waals surface area contributed by atoms with E-state index in [1.54, 1.807) is 12.1 Å². The zero-order valence-electron chi connectivity index (χ0n) is 10.0. The average molecular weight is 223 g/mol. The zero-order chi connectivity index (χ0) is 12.2.